The molecule has 0 radical (unpaired) electrons. The molecule has 2 aliphatic rings. The summed E-state index contributed by atoms with van der Waals surface area (Å²) in [5.41, 5.74) is 2.55. The fraction of sp³-hybridized carbons (Fsp3) is 0.571. The molecule has 0 saturated carbocycles. The summed E-state index contributed by atoms with van der Waals surface area (Å²) >= 11 is 0. The van der Waals surface area contributed by atoms with Gasteiger partial charge in [0.1, 0.15) is 0 Å². The number of hydrogen-bond acceptors (Lipinski definition) is 1. The van der Waals surface area contributed by atoms with Crippen molar-refractivity contribution in [3.8, 4) is 0 Å². The van der Waals surface area contributed by atoms with E-state index in [4.69, 9.17) is 4.74 Å². The Hall–Kier alpha value is -1.60. The molecule has 160 valence electrons. The van der Waals surface area contributed by atoms with Crippen molar-refractivity contribution in [1.29, 1.82) is 0 Å². The maximum atomic E-state index is 7.07. The normalized spacial score (nSPS) is 28.3. The van der Waals surface area contributed by atoms with Crippen molar-refractivity contribution in [2.75, 3.05) is 0 Å². The molecule has 0 spiro atoms. The lowest BCUT2D eigenvalue weighted by molar-refractivity contribution is -0.104. The van der Waals surface area contributed by atoms with Crippen molar-refractivity contribution in [2.24, 2.45) is 10.8 Å². The fourth-order valence-corrected chi connectivity index (χ4v) is 4.01. The first-order valence-corrected chi connectivity index (χ1v) is 11.2. The molecule has 0 aromatic heterocycles. The highest BCUT2D eigenvalue weighted by atomic mass is 16.5. The summed E-state index contributed by atoms with van der Waals surface area (Å²) in [5.74, 6) is 0. The molecule has 0 heterocycles. The van der Waals surface area contributed by atoms with Crippen molar-refractivity contribution >= 4 is 0 Å². The molecule has 0 aliphatic heterocycles. The topological polar surface area (TPSA) is 9.23 Å². The van der Waals surface area contributed by atoms with Crippen LogP contribution in [0.1, 0.15) is 81.1 Å². The van der Waals surface area contributed by atoms with Crippen LogP contribution in [-0.2, 0) is 4.74 Å². The van der Waals surface area contributed by atoms with E-state index < -0.39 is 0 Å². The van der Waals surface area contributed by atoms with Crippen molar-refractivity contribution in [1.82, 2.24) is 0 Å². The monoisotopic (exact) mass is 394 g/mol. The highest BCUT2D eigenvalue weighted by Gasteiger charge is 2.40. The highest BCUT2D eigenvalue weighted by molar-refractivity contribution is 5.35. The van der Waals surface area contributed by atoms with Gasteiger partial charge in [0.25, 0.3) is 0 Å². The first-order chi connectivity index (χ1) is 13.5. The maximum absolute atomic E-state index is 7.07. The quantitative estimate of drug-likeness (QED) is 0.412. The van der Waals surface area contributed by atoms with E-state index in [1.807, 2.05) is 0 Å². The van der Waals surface area contributed by atoms with Crippen molar-refractivity contribution in [2.45, 2.75) is 92.3 Å². The molecule has 2 atom stereocenters. The van der Waals surface area contributed by atoms with Crippen LogP contribution in [0.3, 0.4) is 0 Å². The molecule has 2 aliphatic carbocycles. The van der Waals surface area contributed by atoms with Gasteiger partial charge in [0.15, 0.2) is 0 Å². The van der Waals surface area contributed by atoms with E-state index in [1.165, 1.54) is 11.1 Å². The second-order valence-electron chi connectivity index (χ2n) is 10.7. The number of ether oxygens (including phenoxy) is 1. The maximum Gasteiger partial charge on any atom is 0.0946 e. The summed E-state index contributed by atoms with van der Waals surface area (Å²) in [5, 5.41) is 0. The molecule has 0 fully saturated rings. The Labute approximate surface area is 180 Å². The molecule has 2 rings (SSSR count). The van der Waals surface area contributed by atoms with Crippen LogP contribution in [0.15, 0.2) is 71.9 Å². The van der Waals surface area contributed by atoms with Gasteiger partial charge in [-0.3, -0.25) is 0 Å². The van der Waals surface area contributed by atoms with Gasteiger partial charge in [0, 0.05) is 0 Å². The summed E-state index contributed by atoms with van der Waals surface area (Å²) in [7, 11) is 0. The molecule has 0 saturated heterocycles. The predicted octanol–water partition coefficient (Wildman–Crippen LogP) is 8.28. The van der Waals surface area contributed by atoms with Crippen LogP contribution in [0.2, 0.25) is 0 Å². The third kappa shape index (κ3) is 6.19. The van der Waals surface area contributed by atoms with Crippen LogP contribution in [0.25, 0.3) is 0 Å². The Kier molecular flexibility index (Phi) is 7.38. The Morgan fingerprint density at radius 1 is 0.759 bits per heavy atom. The lowest BCUT2D eigenvalue weighted by Crippen LogP contribution is -2.43. The molecular weight excluding hydrogens is 352 g/mol. The summed E-state index contributed by atoms with van der Waals surface area (Å²) in [4.78, 5) is 0. The first kappa shape index (κ1) is 23.7. The van der Waals surface area contributed by atoms with Crippen LogP contribution in [0, 0.1) is 10.8 Å². The molecule has 1 heteroatoms. The largest absolute Gasteiger partial charge is 0.359 e. The standard InChI is InChI=1S/C28H42O/c1-9-11-17-27(19-13-23(14-20-27)25(3,4)5)29-28(18-12-10-2)21-15-24(16-22-28)26(6,7)8/h9-16,19,21H,17-18,20,22H2,1-8H3/b11-9+,12-10+. The SMILES string of the molecule is C/C=C/CC1(OC2(C/C=C/C)C=CC(C(C)(C)C)=CC2)C=CC(C(C)(C)C)=CC1. The zero-order valence-corrected chi connectivity index (χ0v) is 20.0. The third-order valence-corrected chi connectivity index (χ3v) is 6.00. The molecule has 0 amide bonds. The molecule has 0 N–H and O–H groups in total. The summed E-state index contributed by atoms with van der Waals surface area (Å²) < 4.78 is 7.07. The lowest BCUT2D eigenvalue weighted by Gasteiger charge is -2.43. The highest BCUT2D eigenvalue weighted by Crippen LogP contribution is 2.43. The zero-order chi connectivity index (χ0) is 21.8. The Balaban J connectivity index is 2.34. The van der Waals surface area contributed by atoms with Crippen molar-refractivity contribution < 1.29 is 4.74 Å². The van der Waals surface area contributed by atoms with Gasteiger partial charge in [-0.05, 0) is 61.5 Å². The zero-order valence-electron chi connectivity index (χ0n) is 20.0. The minimum atomic E-state index is -0.291. The Morgan fingerprint density at radius 3 is 1.38 bits per heavy atom. The Bertz CT molecular complexity index is 678. The van der Waals surface area contributed by atoms with Crippen molar-refractivity contribution in [3.63, 3.8) is 0 Å². The van der Waals surface area contributed by atoms with E-state index in [1.54, 1.807) is 0 Å². The van der Waals surface area contributed by atoms with Gasteiger partial charge in [0.2, 0.25) is 0 Å². The minimum absolute atomic E-state index is 0.168. The first-order valence-electron chi connectivity index (χ1n) is 11.2. The van der Waals surface area contributed by atoms with Crippen LogP contribution in [-0.4, -0.2) is 11.2 Å². The molecule has 1 nitrogen and oxygen atoms in total. The van der Waals surface area contributed by atoms with E-state index in [9.17, 15) is 0 Å². The van der Waals surface area contributed by atoms with E-state index in [0.29, 0.717) is 0 Å². The van der Waals surface area contributed by atoms with Gasteiger partial charge in [-0.25, -0.2) is 0 Å². The molecule has 29 heavy (non-hydrogen) atoms. The Morgan fingerprint density at radius 2 is 1.14 bits per heavy atom. The van der Waals surface area contributed by atoms with Crippen molar-refractivity contribution in [3.05, 3.63) is 71.9 Å². The number of hydrogen-bond donors (Lipinski definition) is 0. The third-order valence-electron chi connectivity index (χ3n) is 6.00. The molecule has 0 bridgehead atoms. The number of allylic oxidation sites excluding steroid dienone is 6. The molecular formula is C28H42O. The minimum Gasteiger partial charge on any atom is -0.359 e. The smallest absolute Gasteiger partial charge is 0.0946 e. The van der Waals surface area contributed by atoms with Crippen LogP contribution in [0.4, 0.5) is 0 Å². The predicted molar refractivity (Wildman–Crippen MR) is 128 cm³/mol. The second-order valence-corrected chi connectivity index (χ2v) is 10.7. The van der Waals surface area contributed by atoms with Gasteiger partial charge >= 0.3 is 0 Å². The second kappa shape index (κ2) is 9.04. The summed E-state index contributed by atoms with van der Waals surface area (Å²) in [6.07, 6.45) is 26.4. The molecule has 0 aromatic carbocycles. The van der Waals surface area contributed by atoms with Gasteiger partial charge in [0.05, 0.1) is 11.2 Å². The van der Waals surface area contributed by atoms with Crippen LogP contribution >= 0.6 is 0 Å². The van der Waals surface area contributed by atoms with Gasteiger partial charge in [-0.15, -0.1) is 0 Å². The van der Waals surface area contributed by atoms with Crippen LogP contribution in [0.5, 0.6) is 0 Å². The average molecular weight is 395 g/mol. The van der Waals surface area contributed by atoms with E-state index in [0.717, 1.165) is 25.7 Å². The van der Waals surface area contributed by atoms with E-state index in [2.05, 4.69) is 116 Å². The van der Waals surface area contributed by atoms with Gasteiger partial charge in [-0.2, -0.15) is 0 Å². The van der Waals surface area contributed by atoms with Gasteiger partial charge < -0.3 is 4.74 Å². The van der Waals surface area contributed by atoms with E-state index in [-0.39, 0.29) is 22.0 Å². The molecule has 0 aromatic rings. The van der Waals surface area contributed by atoms with Gasteiger partial charge in [-0.1, -0.05) is 102 Å². The summed E-state index contributed by atoms with van der Waals surface area (Å²) in [6.45, 7) is 17.8. The molecule has 2 unspecified atom stereocenters. The fourth-order valence-electron chi connectivity index (χ4n) is 4.01. The summed E-state index contributed by atoms with van der Waals surface area (Å²) in [6, 6.07) is 0. The van der Waals surface area contributed by atoms with E-state index >= 15 is 0 Å². The van der Waals surface area contributed by atoms with Crippen LogP contribution < -0.4 is 0 Å². The lowest BCUT2D eigenvalue weighted by atomic mass is 9.77. The number of rotatable bonds is 6. The average Bonchev–Trinajstić information content (AvgIpc) is 2.64.